The van der Waals surface area contributed by atoms with Crippen molar-refractivity contribution in [3.8, 4) is 0 Å². The number of anilines is 2. The van der Waals surface area contributed by atoms with Crippen molar-refractivity contribution in [1.29, 1.82) is 0 Å². The minimum Gasteiger partial charge on any atom is -0.408 e. The molecule has 31 heavy (non-hydrogen) atoms. The van der Waals surface area contributed by atoms with Crippen LogP contribution in [0, 0.1) is 5.92 Å². The van der Waals surface area contributed by atoms with E-state index < -0.39 is 11.7 Å². The molecule has 1 aromatic heterocycles. The Kier molecular flexibility index (Phi) is 5.43. The molecule has 162 valence electrons. The summed E-state index contributed by atoms with van der Waals surface area (Å²) in [7, 11) is 0. The molecule has 2 amide bonds. The maximum atomic E-state index is 12.8. The van der Waals surface area contributed by atoms with Gasteiger partial charge >= 0.3 is 5.76 Å². The topological polar surface area (TPSA) is 84.6 Å². The van der Waals surface area contributed by atoms with E-state index in [-0.39, 0.29) is 24.3 Å². The lowest BCUT2D eigenvalue weighted by Crippen LogP contribution is -2.28. The summed E-state index contributed by atoms with van der Waals surface area (Å²) in [6, 6.07) is 13.0. The van der Waals surface area contributed by atoms with Crippen LogP contribution < -0.4 is 16.0 Å². The minimum atomic E-state index is -0.446. The molecular formula is C24H27N3O4. The van der Waals surface area contributed by atoms with Crippen LogP contribution in [0.5, 0.6) is 0 Å². The molecule has 1 unspecified atom stereocenters. The summed E-state index contributed by atoms with van der Waals surface area (Å²) in [5.41, 5.74) is 3.62. The van der Waals surface area contributed by atoms with E-state index in [0.717, 1.165) is 11.3 Å². The molecule has 0 radical (unpaired) electrons. The first-order valence-electron chi connectivity index (χ1n) is 10.6. The first kappa shape index (κ1) is 20.9. The number of benzene rings is 2. The zero-order chi connectivity index (χ0) is 22.3. The molecule has 1 aliphatic heterocycles. The molecule has 7 nitrogen and oxygen atoms in total. The lowest BCUT2D eigenvalue weighted by molar-refractivity contribution is -0.122. The predicted molar refractivity (Wildman–Crippen MR) is 120 cm³/mol. The average molecular weight is 421 g/mol. The van der Waals surface area contributed by atoms with Crippen LogP contribution in [-0.4, -0.2) is 22.9 Å². The summed E-state index contributed by atoms with van der Waals surface area (Å²) in [6.45, 7) is 8.37. The van der Waals surface area contributed by atoms with Crippen LogP contribution in [-0.2, 0) is 9.59 Å². The van der Waals surface area contributed by atoms with Crippen molar-refractivity contribution in [2.75, 3.05) is 16.8 Å². The van der Waals surface area contributed by atoms with Gasteiger partial charge in [0, 0.05) is 36.4 Å². The number of hydrogen-bond acceptors (Lipinski definition) is 4. The fourth-order valence-electron chi connectivity index (χ4n) is 4.03. The number of oxazole rings is 1. The molecule has 4 rings (SSSR count). The van der Waals surface area contributed by atoms with Gasteiger partial charge in [-0.15, -0.1) is 0 Å². The molecule has 1 N–H and O–H groups in total. The zero-order valence-electron chi connectivity index (χ0n) is 18.2. The summed E-state index contributed by atoms with van der Waals surface area (Å²) < 4.78 is 6.89. The van der Waals surface area contributed by atoms with Crippen molar-refractivity contribution in [2.45, 2.75) is 46.1 Å². The molecule has 0 saturated carbocycles. The van der Waals surface area contributed by atoms with Crippen LogP contribution in [0.1, 0.15) is 51.6 Å². The number of carbonyl (C=O) groups is 2. The lowest BCUT2D eigenvalue weighted by atomic mass is 10.0. The second-order valence-electron chi connectivity index (χ2n) is 8.66. The first-order chi connectivity index (χ1) is 14.7. The van der Waals surface area contributed by atoms with E-state index in [9.17, 15) is 14.4 Å². The van der Waals surface area contributed by atoms with Crippen LogP contribution in [0.2, 0.25) is 0 Å². The SMILES string of the molecule is CC(C)c1cccc(N2CC(C(=O)Nc3ccc4c(c3)oc(=O)n4C(C)C)CC2=O)c1. The van der Waals surface area contributed by atoms with Crippen LogP contribution in [0.25, 0.3) is 11.1 Å². The molecule has 2 heterocycles. The molecule has 0 aliphatic carbocycles. The van der Waals surface area contributed by atoms with Gasteiger partial charge in [0.1, 0.15) is 0 Å². The third kappa shape index (κ3) is 4.00. The number of aromatic nitrogens is 1. The fourth-order valence-corrected chi connectivity index (χ4v) is 4.03. The van der Waals surface area contributed by atoms with Crippen molar-refractivity contribution in [3.63, 3.8) is 0 Å². The molecule has 1 atom stereocenters. The number of carbonyl (C=O) groups excluding carboxylic acids is 2. The monoisotopic (exact) mass is 421 g/mol. The molecule has 1 aliphatic rings. The highest BCUT2D eigenvalue weighted by atomic mass is 16.4. The smallest absolute Gasteiger partial charge is 0.408 e. The largest absolute Gasteiger partial charge is 0.420 e. The van der Waals surface area contributed by atoms with E-state index in [2.05, 4.69) is 19.2 Å². The number of fused-ring (bicyclic) bond motifs is 1. The van der Waals surface area contributed by atoms with E-state index >= 15 is 0 Å². The van der Waals surface area contributed by atoms with Gasteiger partial charge < -0.3 is 14.6 Å². The minimum absolute atomic E-state index is 0.0288. The number of rotatable bonds is 5. The van der Waals surface area contributed by atoms with Gasteiger partial charge in [-0.3, -0.25) is 14.2 Å². The summed E-state index contributed by atoms with van der Waals surface area (Å²) in [5, 5.41) is 2.87. The number of nitrogens with one attached hydrogen (secondary N) is 1. The molecular weight excluding hydrogens is 394 g/mol. The molecule has 1 saturated heterocycles. The van der Waals surface area contributed by atoms with Gasteiger partial charge in [-0.1, -0.05) is 26.0 Å². The van der Waals surface area contributed by atoms with E-state index in [1.807, 2.05) is 38.1 Å². The molecule has 1 fully saturated rings. The van der Waals surface area contributed by atoms with Crippen LogP contribution in [0.4, 0.5) is 11.4 Å². The number of nitrogens with zero attached hydrogens (tertiary/aromatic N) is 2. The molecule has 0 spiro atoms. The van der Waals surface area contributed by atoms with Crippen LogP contribution in [0.15, 0.2) is 51.7 Å². The third-order valence-corrected chi connectivity index (χ3v) is 5.74. The Hall–Kier alpha value is -3.35. The summed E-state index contributed by atoms with van der Waals surface area (Å²) >= 11 is 0. The summed E-state index contributed by atoms with van der Waals surface area (Å²) in [5.74, 6) is -0.790. The van der Waals surface area contributed by atoms with Crippen molar-refractivity contribution in [3.05, 3.63) is 58.6 Å². The highest BCUT2D eigenvalue weighted by molar-refractivity contribution is 6.03. The van der Waals surface area contributed by atoms with Crippen molar-refractivity contribution in [2.24, 2.45) is 5.92 Å². The summed E-state index contributed by atoms with van der Waals surface area (Å²) in [6.07, 6.45) is 0.165. The second-order valence-corrected chi connectivity index (χ2v) is 8.66. The van der Waals surface area contributed by atoms with Gasteiger partial charge in [0.25, 0.3) is 0 Å². The highest BCUT2D eigenvalue weighted by Crippen LogP contribution is 2.29. The Morgan fingerprint density at radius 2 is 1.87 bits per heavy atom. The first-order valence-corrected chi connectivity index (χ1v) is 10.6. The Labute approximate surface area is 180 Å². The predicted octanol–water partition coefficient (Wildman–Crippen LogP) is 4.29. The normalized spacial score (nSPS) is 16.6. The second kappa shape index (κ2) is 8.06. The quantitative estimate of drug-likeness (QED) is 0.666. The Morgan fingerprint density at radius 3 is 2.58 bits per heavy atom. The standard InChI is InChI=1S/C24H27N3O4/c1-14(2)16-6-5-7-19(10-16)26-13-17(11-22(26)28)23(29)25-18-8-9-20-21(12-18)31-24(30)27(20)15(3)4/h5-10,12,14-15,17H,11,13H2,1-4H3,(H,25,29). The lowest BCUT2D eigenvalue weighted by Gasteiger charge is -2.18. The fraction of sp³-hybridized carbons (Fsp3) is 0.375. The van der Waals surface area contributed by atoms with Gasteiger partial charge in [0.05, 0.1) is 11.4 Å². The zero-order valence-corrected chi connectivity index (χ0v) is 18.2. The van der Waals surface area contributed by atoms with E-state index in [1.54, 1.807) is 27.7 Å². The van der Waals surface area contributed by atoms with Crippen LogP contribution in [0.3, 0.4) is 0 Å². The van der Waals surface area contributed by atoms with E-state index in [1.165, 1.54) is 0 Å². The van der Waals surface area contributed by atoms with Crippen molar-refractivity contribution < 1.29 is 14.0 Å². The molecule has 3 aromatic rings. The molecule has 2 aromatic carbocycles. The van der Waals surface area contributed by atoms with Gasteiger partial charge in [-0.2, -0.15) is 0 Å². The van der Waals surface area contributed by atoms with Crippen LogP contribution >= 0.6 is 0 Å². The third-order valence-electron chi connectivity index (χ3n) is 5.74. The Balaban J connectivity index is 1.50. The molecule has 0 bridgehead atoms. The van der Waals surface area contributed by atoms with E-state index in [0.29, 0.717) is 29.2 Å². The Morgan fingerprint density at radius 1 is 1.10 bits per heavy atom. The maximum absolute atomic E-state index is 12.8. The summed E-state index contributed by atoms with van der Waals surface area (Å²) in [4.78, 5) is 39.2. The van der Waals surface area contributed by atoms with E-state index in [4.69, 9.17) is 4.42 Å². The number of hydrogen-bond donors (Lipinski definition) is 1. The van der Waals surface area contributed by atoms with Crippen molar-refractivity contribution in [1.82, 2.24) is 4.57 Å². The van der Waals surface area contributed by atoms with Gasteiger partial charge in [0.15, 0.2) is 5.58 Å². The van der Waals surface area contributed by atoms with Crippen molar-refractivity contribution >= 4 is 34.3 Å². The van der Waals surface area contributed by atoms with Gasteiger partial charge in [-0.05, 0) is 49.6 Å². The maximum Gasteiger partial charge on any atom is 0.420 e. The number of amides is 2. The Bertz CT molecular complexity index is 1200. The van der Waals surface area contributed by atoms with Gasteiger partial charge in [0.2, 0.25) is 11.8 Å². The molecule has 7 heteroatoms. The highest BCUT2D eigenvalue weighted by Gasteiger charge is 2.35. The average Bonchev–Trinajstić information content (AvgIpc) is 3.26. The van der Waals surface area contributed by atoms with Gasteiger partial charge in [-0.25, -0.2) is 4.79 Å².